The van der Waals surface area contributed by atoms with Gasteiger partial charge in [-0.3, -0.25) is 10.1 Å². The highest BCUT2D eigenvalue weighted by Gasteiger charge is 2.03. The van der Waals surface area contributed by atoms with E-state index >= 15 is 0 Å². The Hall–Kier alpha value is -2.36. The highest BCUT2D eigenvalue weighted by molar-refractivity contribution is 5.45. The standard InChI is InChI=1S/C15H16N2O2/c1-2-12-3-7-14(8-4-12)16-11-13-5-9-15(10-6-13)17(18)19/h3-10,16H,2,11H2,1H3. The molecule has 1 N–H and O–H groups in total. The molecule has 0 unspecified atom stereocenters. The predicted octanol–water partition coefficient (Wildman–Crippen LogP) is 3.77. The molecule has 0 aliphatic rings. The van der Waals surface area contributed by atoms with Gasteiger partial charge in [-0.2, -0.15) is 0 Å². The third-order valence-corrected chi connectivity index (χ3v) is 3.01. The Morgan fingerprint density at radius 3 is 2.11 bits per heavy atom. The summed E-state index contributed by atoms with van der Waals surface area (Å²) in [5.41, 5.74) is 3.50. The zero-order valence-electron chi connectivity index (χ0n) is 10.8. The minimum absolute atomic E-state index is 0.121. The molecule has 19 heavy (non-hydrogen) atoms. The van der Waals surface area contributed by atoms with Crippen molar-refractivity contribution in [2.45, 2.75) is 19.9 Å². The Kier molecular flexibility index (Phi) is 4.13. The zero-order chi connectivity index (χ0) is 13.7. The quantitative estimate of drug-likeness (QED) is 0.654. The number of hydrogen-bond donors (Lipinski definition) is 1. The summed E-state index contributed by atoms with van der Waals surface area (Å²) in [7, 11) is 0. The van der Waals surface area contributed by atoms with Gasteiger partial charge in [-0.25, -0.2) is 0 Å². The largest absolute Gasteiger partial charge is 0.381 e. The van der Waals surface area contributed by atoms with E-state index in [1.807, 2.05) is 12.1 Å². The maximum absolute atomic E-state index is 10.5. The lowest BCUT2D eigenvalue weighted by atomic mass is 10.1. The fourth-order valence-corrected chi connectivity index (χ4v) is 1.80. The smallest absolute Gasteiger partial charge is 0.269 e. The lowest BCUT2D eigenvalue weighted by molar-refractivity contribution is -0.384. The second-order valence-corrected chi connectivity index (χ2v) is 4.33. The first-order chi connectivity index (χ1) is 9.19. The second kappa shape index (κ2) is 6.00. The van der Waals surface area contributed by atoms with E-state index < -0.39 is 0 Å². The molecule has 2 rings (SSSR count). The number of nitrogens with one attached hydrogen (secondary N) is 1. The topological polar surface area (TPSA) is 55.2 Å². The van der Waals surface area contributed by atoms with Crippen LogP contribution in [0, 0.1) is 10.1 Å². The maximum Gasteiger partial charge on any atom is 0.269 e. The normalized spacial score (nSPS) is 10.2. The van der Waals surface area contributed by atoms with Crippen LogP contribution in [0.15, 0.2) is 48.5 Å². The van der Waals surface area contributed by atoms with E-state index in [4.69, 9.17) is 0 Å². The fraction of sp³-hybridized carbons (Fsp3) is 0.200. The SMILES string of the molecule is CCc1ccc(NCc2ccc([N+](=O)[O-])cc2)cc1. The van der Waals surface area contributed by atoms with E-state index in [-0.39, 0.29) is 10.6 Å². The third-order valence-electron chi connectivity index (χ3n) is 3.01. The number of nitro benzene ring substituents is 1. The summed E-state index contributed by atoms with van der Waals surface area (Å²) >= 11 is 0. The van der Waals surface area contributed by atoms with Crippen molar-refractivity contribution in [2.75, 3.05) is 5.32 Å². The molecule has 2 aromatic rings. The molecule has 2 aromatic carbocycles. The van der Waals surface area contributed by atoms with Gasteiger partial charge in [0.05, 0.1) is 4.92 Å². The van der Waals surface area contributed by atoms with Gasteiger partial charge in [-0.1, -0.05) is 31.2 Å². The van der Waals surface area contributed by atoms with Crippen molar-refractivity contribution in [2.24, 2.45) is 0 Å². The van der Waals surface area contributed by atoms with Gasteiger partial charge in [0.2, 0.25) is 0 Å². The molecule has 0 amide bonds. The first-order valence-corrected chi connectivity index (χ1v) is 6.25. The molecule has 0 radical (unpaired) electrons. The van der Waals surface area contributed by atoms with Crippen molar-refractivity contribution in [3.63, 3.8) is 0 Å². The maximum atomic E-state index is 10.5. The van der Waals surface area contributed by atoms with E-state index in [2.05, 4.69) is 24.4 Å². The average molecular weight is 256 g/mol. The summed E-state index contributed by atoms with van der Waals surface area (Å²) in [6.07, 6.45) is 1.03. The zero-order valence-corrected chi connectivity index (χ0v) is 10.8. The van der Waals surface area contributed by atoms with Gasteiger partial charge in [-0.15, -0.1) is 0 Å². The Balaban J connectivity index is 1.95. The number of nitro groups is 1. The predicted molar refractivity (Wildman–Crippen MR) is 76.2 cm³/mol. The van der Waals surface area contributed by atoms with E-state index in [1.165, 1.54) is 17.7 Å². The van der Waals surface area contributed by atoms with E-state index in [9.17, 15) is 10.1 Å². The Bertz CT molecular complexity index is 547. The van der Waals surface area contributed by atoms with E-state index in [1.54, 1.807) is 12.1 Å². The second-order valence-electron chi connectivity index (χ2n) is 4.33. The van der Waals surface area contributed by atoms with Crippen molar-refractivity contribution >= 4 is 11.4 Å². The highest BCUT2D eigenvalue weighted by atomic mass is 16.6. The first kappa shape index (κ1) is 13.1. The monoisotopic (exact) mass is 256 g/mol. The first-order valence-electron chi connectivity index (χ1n) is 6.25. The molecule has 4 heteroatoms. The van der Waals surface area contributed by atoms with Gasteiger partial charge in [0.25, 0.3) is 5.69 Å². The molecule has 98 valence electrons. The van der Waals surface area contributed by atoms with Gasteiger partial charge >= 0.3 is 0 Å². The van der Waals surface area contributed by atoms with Crippen LogP contribution in [0.4, 0.5) is 11.4 Å². The Morgan fingerprint density at radius 1 is 1.00 bits per heavy atom. The molecule has 0 spiro atoms. The highest BCUT2D eigenvalue weighted by Crippen LogP contribution is 2.14. The molecular formula is C15H16N2O2. The Morgan fingerprint density at radius 2 is 1.58 bits per heavy atom. The molecule has 0 aromatic heterocycles. The van der Waals surface area contributed by atoms with Crippen molar-refractivity contribution in [3.8, 4) is 0 Å². The van der Waals surface area contributed by atoms with E-state index in [0.29, 0.717) is 6.54 Å². The van der Waals surface area contributed by atoms with Crippen LogP contribution in [0.2, 0.25) is 0 Å². The summed E-state index contributed by atoms with van der Waals surface area (Å²) in [6, 6.07) is 14.9. The molecule has 0 heterocycles. The third kappa shape index (κ3) is 3.55. The summed E-state index contributed by atoms with van der Waals surface area (Å²) in [5.74, 6) is 0. The molecule has 0 atom stereocenters. The lowest BCUT2D eigenvalue weighted by Crippen LogP contribution is -1.99. The van der Waals surface area contributed by atoms with Crippen molar-refractivity contribution < 1.29 is 4.92 Å². The number of anilines is 1. The molecular weight excluding hydrogens is 240 g/mol. The molecule has 0 saturated heterocycles. The summed E-state index contributed by atoms with van der Waals surface area (Å²) in [4.78, 5) is 10.2. The van der Waals surface area contributed by atoms with Gasteiger partial charge in [-0.05, 0) is 29.7 Å². The number of benzene rings is 2. The number of nitrogens with zero attached hydrogens (tertiary/aromatic N) is 1. The number of hydrogen-bond acceptors (Lipinski definition) is 3. The van der Waals surface area contributed by atoms with Crippen molar-refractivity contribution in [1.82, 2.24) is 0 Å². The number of rotatable bonds is 5. The van der Waals surface area contributed by atoms with Crippen LogP contribution in [-0.4, -0.2) is 4.92 Å². The average Bonchev–Trinajstić information content (AvgIpc) is 2.46. The number of aryl methyl sites for hydroxylation is 1. The van der Waals surface area contributed by atoms with Crippen LogP contribution < -0.4 is 5.32 Å². The molecule has 0 saturated carbocycles. The van der Waals surface area contributed by atoms with E-state index in [0.717, 1.165) is 17.7 Å². The van der Waals surface area contributed by atoms with Crippen LogP contribution in [0.3, 0.4) is 0 Å². The minimum atomic E-state index is -0.388. The lowest BCUT2D eigenvalue weighted by Gasteiger charge is -2.07. The van der Waals surface area contributed by atoms with Crippen molar-refractivity contribution in [1.29, 1.82) is 0 Å². The Labute approximate surface area is 112 Å². The van der Waals surface area contributed by atoms with Gasteiger partial charge < -0.3 is 5.32 Å². The summed E-state index contributed by atoms with van der Waals surface area (Å²) in [6.45, 7) is 2.78. The van der Waals surface area contributed by atoms with Crippen LogP contribution in [-0.2, 0) is 13.0 Å². The van der Waals surface area contributed by atoms with Crippen LogP contribution >= 0.6 is 0 Å². The molecule has 0 aliphatic carbocycles. The molecule has 4 nitrogen and oxygen atoms in total. The van der Waals surface area contributed by atoms with Crippen molar-refractivity contribution in [3.05, 3.63) is 69.8 Å². The molecule has 0 fully saturated rings. The van der Waals surface area contributed by atoms with Gasteiger partial charge in [0.15, 0.2) is 0 Å². The summed E-state index contributed by atoms with van der Waals surface area (Å²) < 4.78 is 0. The van der Waals surface area contributed by atoms with Gasteiger partial charge in [0, 0.05) is 24.4 Å². The van der Waals surface area contributed by atoms with Crippen LogP contribution in [0.25, 0.3) is 0 Å². The molecule has 0 bridgehead atoms. The van der Waals surface area contributed by atoms with Crippen LogP contribution in [0.1, 0.15) is 18.1 Å². The van der Waals surface area contributed by atoms with Gasteiger partial charge in [0.1, 0.15) is 0 Å². The number of non-ortho nitro benzene ring substituents is 1. The summed E-state index contributed by atoms with van der Waals surface area (Å²) in [5, 5.41) is 13.8. The minimum Gasteiger partial charge on any atom is -0.381 e. The van der Waals surface area contributed by atoms with Crippen LogP contribution in [0.5, 0.6) is 0 Å². The fourth-order valence-electron chi connectivity index (χ4n) is 1.80. The molecule has 0 aliphatic heterocycles.